The summed E-state index contributed by atoms with van der Waals surface area (Å²) in [7, 11) is 0. The molecule has 0 bridgehead atoms. The van der Waals surface area contributed by atoms with Gasteiger partial charge >= 0.3 is 17.9 Å². The first-order valence-electron chi connectivity index (χ1n) is 22.9. The van der Waals surface area contributed by atoms with Gasteiger partial charge in [0.25, 0.3) is 0 Å². The van der Waals surface area contributed by atoms with Crippen molar-refractivity contribution in [3.63, 3.8) is 0 Å². The normalized spacial score (nSPS) is 17.3. The van der Waals surface area contributed by atoms with Crippen LogP contribution in [-0.2, 0) is 14.3 Å². The van der Waals surface area contributed by atoms with E-state index in [9.17, 15) is 19.5 Å². The Morgan fingerprint density at radius 3 is 1.78 bits per heavy atom. The molecule has 316 valence electrons. The quantitative estimate of drug-likeness (QED) is 0.0476. The van der Waals surface area contributed by atoms with E-state index in [2.05, 4.69) is 48.1 Å². The average molecular weight is 769 g/mol. The van der Waals surface area contributed by atoms with Crippen LogP contribution in [-0.4, -0.2) is 36.2 Å². The van der Waals surface area contributed by atoms with Crippen LogP contribution in [0.15, 0.2) is 36.4 Å². The number of aliphatic carboxylic acids is 1. The number of carboxylic acids is 1. The lowest BCUT2D eigenvalue weighted by molar-refractivity contribution is -0.134. The van der Waals surface area contributed by atoms with Gasteiger partial charge in [-0.05, 0) is 74.8 Å². The van der Waals surface area contributed by atoms with E-state index in [1.54, 1.807) is 24.3 Å². The van der Waals surface area contributed by atoms with Gasteiger partial charge in [-0.3, -0.25) is 0 Å². The Balaban J connectivity index is 0.000000550. The minimum atomic E-state index is -0.768. The van der Waals surface area contributed by atoms with E-state index in [4.69, 9.17) is 9.47 Å². The van der Waals surface area contributed by atoms with Crippen molar-refractivity contribution in [3.8, 4) is 0 Å². The van der Waals surface area contributed by atoms with Gasteiger partial charge in [0.2, 0.25) is 0 Å². The van der Waals surface area contributed by atoms with Gasteiger partial charge in [0.05, 0.1) is 24.3 Å². The molecule has 0 aliphatic heterocycles. The van der Waals surface area contributed by atoms with Crippen LogP contribution in [0.25, 0.3) is 0 Å². The molecule has 1 unspecified atom stereocenters. The summed E-state index contributed by atoms with van der Waals surface area (Å²) in [5, 5.41) is 9.58. The van der Waals surface area contributed by atoms with E-state index in [-0.39, 0.29) is 16.5 Å². The first-order valence-corrected chi connectivity index (χ1v) is 22.9. The topological polar surface area (TPSA) is 89.9 Å². The SMILES string of the molecule is C=C(C(=O)O)C1(CCCCCCCC)CCC(CCCCCCCC)CC1.CCCCC(CC)COC(=O)c1ccccc1C(=O)OCCCCCC(C)C. The van der Waals surface area contributed by atoms with Gasteiger partial charge in [0.1, 0.15) is 0 Å². The summed E-state index contributed by atoms with van der Waals surface area (Å²) in [6.07, 6.45) is 31.3. The highest BCUT2D eigenvalue weighted by Gasteiger charge is 2.39. The molecule has 1 aromatic carbocycles. The van der Waals surface area contributed by atoms with Gasteiger partial charge in [-0.25, -0.2) is 14.4 Å². The largest absolute Gasteiger partial charge is 0.478 e. The predicted molar refractivity (Wildman–Crippen MR) is 231 cm³/mol. The lowest BCUT2D eigenvalue weighted by Gasteiger charge is -2.41. The maximum Gasteiger partial charge on any atom is 0.339 e. The fourth-order valence-corrected chi connectivity index (χ4v) is 7.99. The van der Waals surface area contributed by atoms with Gasteiger partial charge in [-0.1, -0.05) is 182 Å². The lowest BCUT2D eigenvalue weighted by Crippen LogP contribution is -2.32. The number of esters is 2. The minimum absolute atomic E-state index is 0.117. The smallest absolute Gasteiger partial charge is 0.339 e. The summed E-state index contributed by atoms with van der Waals surface area (Å²) in [5.74, 6) is 0.225. The summed E-state index contributed by atoms with van der Waals surface area (Å²) in [6.45, 7) is 18.0. The van der Waals surface area contributed by atoms with Crippen molar-refractivity contribution >= 4 is 17.9 Å². The Morgan fingerprint density at radius 2 is 1.24 bits per heavy atom. The average Bonchev–Trinajstić information content (AvgIpc) is 3.19. The molecule has 1 aromatic rings. The molecule has 2 rings (SSSR count). The lowest BCUT2D eigenvalue weighted by atomic mass is 9.63. The standard InChI is InChI=1S/C25H46O2.C24H38O4/c1-4-6-8-10-12-14-16-23-17-20-25(21-18-23,22(3)24(26)27)19-15-13-11-9-7-5-2;1-5-7-14-20(6-2)18-28-24(26)22-16-11-10-15-21(22)23(25)27-17-12-8-9-13-19(3)4/h23H,3-21H2,1-2H3,(H,26,27);10-11,15-16,19-20H,5-9,12-14,17-18H2,1-4H3. The number of carbonyl (C=O) groups is 3. The van der Waals surface area contributed by atoms with Gasteiger partial charge < -0.3 is 14.6 Å². The maximum absolute atomic E-state index is 12.5. The van der Waals surface area contributed by atoms with Crippen LogP contribution in [0.1, 0.15) is 229 Å². The number of hydrogen-bond acceptors (Lipinski definition) is 5. The zero-order chi connectivity index (χ0) is 40.7. The zero-order valence-corrected chi connectivity index (χ0v) is 36.5. The fourth-order valence-electron chi connectivity index (χ4n) is 7.99. The van der Waals surface area contributed by atoms with Crippen LogP contribution in [0.2, 0.25) is 0 Å². The molecule has 1 N–H and O–H groups in total. The highest BCUT2D eigenvalue weighted by Crippen LogP contribution is 2.48. The Kier molecular flexibility index (Phi) is 28.8. The molecule has 1 aliphatic rings. The second kappa shape index (κ2) is 31.5. The van der Waals surface area contributed by atoms with E-state index in [0.29, 0.717) is 30.6 Å². The van der Waals surface area contributed by atoms with E-state index in [0.717, 1.165) is 76.5 Å². The number of ether oxygens (including phenoxy) is 2. The molecule has 6 heteroatoms. The molecule has 0 saturated heterocycles. The van der Waals surface area contributed by atoms with E-state index in [1.807, 2.05) is 0 Å². The van der Waals surface area contributed by atoms with Crippen molar-refractivity contribution in [3.05, 3.63) is 47.5 Å². The first kappa shape index (κ1) is 50.4. The van der Waals surface area contributed by atoms with Crippen LogP contribution in [0.4, 0.5) is 0 Å². The zero-order valence-electron chi connectivity index (χ0n) is 36.5. The monoisotopic (exact) mass is 769 g/mol. The minimum Gasteiger partial charge on any atom is -0.478 e. The second-order valence-corrected chi connectivity index (χ2v) is 17.0. The molecule has 1 atom stereocenters. The predicted octanol–water partition coefficient (Wildman–Crippen LogP) is 14.7. The third-order valence-electron chi connectivity index (χ3n) is 12.0. The third kappa shape index (κ3) is 22.0. The summed E-state index contributed by atoms with van der Waals surface area (Å²) < 4.78 is 10.9. The van der Waals surface area contributed by atoms with Crippen molar-refractivity contribution in [2.24, 2.45) is 23.2 Å². The Bertz CT molecular complexity index is 1160. The molecule has 1 saturated carbocycles. The van der Waals surface area contributed by atoms with E-state index < -0.39 is 17.9 Å². The number of unbranched alkanes of at least 4 members (excludes halogenated alkanes) is 13. The summed E-state index contributed by atoms with van der Waals surface area (Å²) in [6, 6.07) is 6.75. The van der Waals surface area contributed by atoms with Crippen LogP contribution in [0, 0.1) is 23.2 Å². The van der Waals surface area contributed by atoms with E-state index in [1.165, 1.54) is 96.3 Å². The maximum atomic E-state index is 12.5. The van der Waals surface area contributed by atoms with Gasteiger partial charge in [0, 0.05) is 11.0 Å². The van der Waals surface area contributed by atoms with Crippen molar-refractivity contribution < 1.29 is 29.0 Å². The third-order valence-corrected chi connectivity index (χ3v) is 12.0. The molecular weight excluding hydrogens is 685 g/mol. The molecule has 1 fully saturated rings. The fraction of sp³-hybridized carbons (Fsp3) is 0.776. The Labute approximate surface area is 338 Å². The second-order valence-electron chi connectivity index (χ2n) is 17.0. The molecule has 0 aromatic heterocycles. The van der Waals surface area contributed by atoms with Crippen molar-refractivity contribution in [2.75, 3.05) is 13.2 Å². The molecule has 0 radical (unpaired) electrons. The summed E-state index contributed by atoms with van der Waals surface area (Å²) >= 11 is 0. The summed E-state index contributed by atoms with van der Waals surface area (Å²) in [4.78, 5) is 36.6. The number of benzene rings is 1. The van der Waals surface area contributed by atoms with Gasteiger partial charge in [0.15, 0.2) is 0 Å². The molecule has 0 spiro atoms. The highest BCUT2D eigenvalue weighted by molar-refractivity contribution is 6.03. The Hall–Kier alpha value is -2.63. The first-order chi connectivity index (χ1) is 26.5. The van der Waals surface area contributed by atoms with Crippen LogP contribution >= 0.6 is 0 Å². The van der Waals surface area contributed by atoms with Gasteiger partial charge in [-0.2, -0.15) is 0 Å². The van der Waals surface area contributed by atoms with Crippen LogP contribution in [0.5, 0.6) is 0 Å². The number of carboxylic acid groups (broad SMARTS) is 1. The summed E-state index contributed by atoms with van der Waals surface area (Å²) in [5.41, 5.74) is 0.955. The van der Waals surface area contributed by atoms with Crippen LogP contribution < -0.4 is 0 Å². The van der Waals surface area contributed by atoms with Crippen molar-refractivity contribution in [1.29, 1.82) is 0 Å². The number of hydrogen-bond donors (Lipinski definition) is 1. The molecule has 1 aliphatic carbocycles. The molecule has 0 heterocycles. The molecule has 0 amide bonds. The van der Waals surface area contributed by atoms with Gasteiger partial charge in [-0.15, -0.1) is 0 Å². The van der Waals surface area contributed by atoms with Crippen molar-refractivity contribution in [1.82, 2.24) is 0 Å². The molecule has 55 heavy (non-hydrogen) atoms. The molecular formula is C49H84O6. The van der Waals surface area contributed by atoms with Crippen LogP contribution in [0.3, 0.4) is 0 Å². The number of rotatable bonds is 30. The highest BCUT2D eigenvalue weighted by atomic mass is 16.5. The number of carbonyl (C=O) groups excluding carboxylic acids is 2. The van der Waals surface area contributed by atoms with Crippen molar-refractivity contribution in [2.45, 2.75) is 208 Å². The Morgan fingerprint density at radius 1 is 0.709 bits per heavy atom. The van der Waals surface area contributed by atoms with E-state index >= 15 is 0 Å². The molecule has 6 nitrogen and oxygen atoms in total.